The van der Waals surface area contributed by atoms with E-state index in [2.05, 4.69) is 15.3 Å². The first-order valence-electron chi connectivity index (χ1n) is 8.90. The molecule has 1 aromatic carbocycles. The summed E-state index contributed by atoms with van der Waals surface area (Å²) in [5.74, 6) is 0.696. The number of benzene rings is 1. The van der Waals surface area contributed by atoms with Crippen LogP contribution in [0.5, 0.6) is 0 Å². The molecular formula is C19H25N5O2. The zero-order chi connectivity index (χ0) is 18.5. The van der Waals surface area contributed by atoms with Crippen LogP contribution in [0.25, 0.3) is 0 Å². The number of carbonyl (C=O) groups excluding carboxylic acids is 2. The molecule has 7 nitrogen and oxygen atoms in total. The molecule has 3 rings (SSSR count). The van der Waals surface area contributed by atoms with Crippen molar-refractivity contribution in [1.29, 1.82) is 0 Å². The van der Waals surface area contributed by atoms with E-state index in [0.717, 1.165) is 18.7 Å². The molecule has 0 aliphatic carbocycles. The van der Waals surface area contributed by atoms with Gasteiger partial charge in [0.05, 0.1) is 12.2 Å². The Morgan fingerprint density at radius 1 is 1.12 bits per heavy atom. The van der Waals surface area contributed by atoms with Crippen LogP contribution in [-0.4, -0.2) is 64.1 Å². The Kier molecular flexibility index (Phi) is 5.68. The monoisotopic (exact) mass is 355 g/mol. The molecule has 138 valence electrons. The standard InChI is InChI=1S/C19H25N5O2/c1-15-13-17(22(2)21-15)20-18(25)14-23-9-6-10-24(12-11-23)19(26)16-7-4-3-5-8-16/h3-5,7-8,13H,6,9-12,14H2,1-2H3,(H,20,25). The Hall–Kier alpha value is -2.67. The maximum atomic E-state index is 12.6. The molecule has 0 unspecified atom stereocenters. The largest absolute Gasteiger partial charge is 0.337 e. The number of hydrogen-bond donors (Lipinski definition) is 1. The molecule has 0 radical (unpaired) electrons. The number of hydrogen-bond acceptors (Lipinski definition) is 4. The first-order valence-corrected chi connectivity index (χ1v) is 8.90. The number of nitrogens with one attached hydrogen (secondary N) is 1. The molecule has 0 saturated carbocycles. The van der Waals surface area contributed by atoms with Gasteiger partial charge in [0, 0.05) is 44.9 Å². The van der Waals surface area contributed by atoms with E-state index in [1.54, 1.807) is 4.68 Å². The second-order valence-corrected chi connectivity index (χ2v) is 6.63. The number of rotatable bonds is 4. The topological polar surface area (TPSA) is 70.5 Å². The molecule has 7 heteroatoms. The SMILES string of the molecule is Cc1cc(NC(=O)CN2CCCN(C(=O)c3ccccc3)CC2)n(C)n1. The lowest BCUT2D eigenvalue weighted by molar-refractivity contribution is -0.117. The van der Waals surface area contributed by atoms with Crippen molar-refractivity contribution in [3.05, 3.63) is 47.7 Å². The van der Waals surface area contributed by atoms with Crippen molar-refractivity contribution >= 4 is 17.6 Å². The van der Waals surface area contributed by atoms with E-state index in [9.17, 15) is 9.59 Å². The average Bonchev–Trinajstić information content (AvgIpc) is 2.82. The second kappa shape index (κ2) is 8.14. The van der Waals surface area contributed by atoms with Gasteiger partial charge in [-0.1, -0.05) is 18.2 Å². The molecule has 1 N–H and O–H groups in total. The van der Waals surface area contributed by atoms with Gasteiger partial charge >= 0.3 is 0 Å². The van der Waals surface area contributed by atoms with E-state index in [1.807, 2.05) is 55.3 Å². The zero-order valence-electron chi connectivity index (χ0n) is 15.3. The van der Waals surface area contributed by atoms with Crippen molar-refractivity contribution in [2.75, 3.05) is 38.0 Å². The maximum Gasteiger partial charge on any atom is 0.253 e. The van der Waals surface area contributed by atoms with Crippen molar-refractivity contribution < 1.29 is 9.59 Å². The van der Waals surface area contributed by atoms with Crippen LogP contribution in [0.2, 0.25) is 0 Å². The number of amides is 2. The maximum absolute atomic E-state index is 12.6. The third-order valence-electron chi connectivity index (χ3n) is 4.53. The van der Waals surface area contributed by atoms with Crippen molar-refractivity contribution in [2.45, 2.75) is 13.3 Å². The minimum absolute atomic E-state index is 0.0576. The van der Waals surface area contributed by atoms with Gasteiger partial charge in [-0.3, -0.25) is 19.2 Å². The van der Waals surface area contributed by atoms with Crippen LogP contribution in [0.4, 0.5) is 5.82 Å². The van der Waals surface area contributed by atoms with Crippen molar-refractivity contribution in [2.24, 2.45) is 7.05 Å². The Labute approximate surface area is 153 Å². The number of aryl methyl sites for hydroxylation is 2. The molecule has 1 fully saturated rings. The molecule has 2 aromatic rings. The highest BCUT2D eigenvalue weighted by Crippen LogP contribution is 2.11. The Balaban J connectivity index is 1.53. The number of aromatic nitrogens is 2. The number of carbonyl (C=O) groups is 2. The molecule has 1 aliphatic rings. The van der Waals surface area contributed by atoms with Crippen molar-refractivity contribution in [1.82, 2.24) is 19.6 Å². The summed E-state index contributed by atoms with van der Waals surface area (Å²) in [4.78, 5) is 28.9. The van der Waals surface area contributed by atoms with E-state index in [1.165, 1.54) is 0 Å². The van der Waals surface area contributed by atoms with E-state index >= 15 is 0 Å². The van der Waals surface area contributed by atoms with Crippen LogP contribution in [0.1, 0.15) is 22.5 Å². The summed E-state index contributed by atoms with van der Waals surface area (Å²) in [7, 11) is 1.81. The normalized spacial score (nSPS) is 15.5. The fourth-order valence-corrected chi connectivity index (χ4v) is 3.21. The lowest BCUT2D eigenvalue weighted by Crippen LogP contribution is -2.38. The fraction of sp³-hybridized carbons (Fsp3) is 0.421. The van der Waals surface area contributed by atoms with Crippen LogP contribution >= 0.6 is 0 Å². The summed E-state index contributed by atoms with van der Waals surface area (Å²) < 4.78 is 1.66. The number of anilines is 1. The first-order chi connectivity index (χ1) is 12.5. The van der Waals surface area contributed by atoms with Gasteiger partial charge in [0.25, 0.3) is 5.91 Å². The van der Waals surface area contributed by atoms with Gasteiger partial charge in [-0.25, -0.2) is 0 Å². The van der Waals surface area contributed by atoms with Gasteiger partial charge in [0.1, 0.15) is 5.82 Å². The van der Waals surface area contributed by atoms with Crippen LogP contribution in [0.15, 0.2) is 36.4 Å². The molecule has 1 saturated heterocycles. The summed E-state index contributed by atoms with van der Waals surface area (Å²) in [6.07, 6.45) is 0.858. The summed E-state index contributed by atoms with van der Waals surface area (Å²) >= 11 is 0. The smallest absolute Gasteiger partial charge is 0.253 e. The third-order valence-corrected chi connectivity index (χ3v) is 4.53. The third kappa shape index (κ3) is 4.49. The van der Waals surface area contributed by atoms with Crippen LogP contribution in [0, 0.1) is 6.92 Å². The lowest BCUT2D eigenvalue weighted by atomic mass is 10.2. The Bertz CT molecular complexity index is 771. The quantitative estimate of drug-likeness (QED) is 0.903. The highest BCUT2D eigenvalue weighted by Gasteiger charge is 2.21. The van der Waals surface area contributed by atoms with E-state index in [-0.39, 0.29) is 11.8 Å². The highest BCUT2D eigenvalue weighted by atomic mass is 16.2. The lowest BCUT2D eigenvalue weighted by Gasteiger charge is -2.21. The molecule has 26 heavy (non-hydrogen) atoms. The van der Waals surface area contributed by atoms with Gasteiger partial charge in [-0.05, 0) is 25.5 Å². The van der Waals surface area contributed by atoms with E-state index in [4.69, 9.17) is 0 Å². The summed E-state index contributed by atoms with van der Waals surface area (Å²) in [5.41, 5.74) is 1.58. The second-order valence-electron chi connectivity index (χ2n) is 6.63. The highest BCUT2D eigenvalue weighted by molar-refractivity contribution is 5.94. The van der Waals surface area contributed by atoms with Crippen molar-refractivity contribution in [3.8, 4) is 0 Å². The molecule has 2 heterocycles. The van der Waals surface area contributed by atoms with Gasteiger partial charge in [0.2, 0.25) is 5.91 Å². The minimum atomic E-state index is -0.0594. The molecule has 1 aromatic heterocycles. The molecular weight excluding hydrogens is 330 g/mol. The minimum Gasteiger partial charge on any atom is -0.337 e. The summed E-state index contributed by atoms with van der Waals surface area (Å²) in [6.45, 7) is 5.05. The molecule has 2 amide bonds. The molecule has 0 bridgehead atoms. The van der Waals surface area contributed by atoms with Crippen LogP contribution in [0.3, 0.4) is 0 Å². The predicted molar refractivity (Wildman–Crippen MR) is 100.0 cm³/mol. The number of nitrogens with zero attached hydrogens (tertiary/aromatic N) is 4. The van der Waals surface area contributed by atoms with E-state index in [0.29, 0.717) is 37.6 Å². The zero-order valence-corrected chi connectivity index (χ0v) is 15.3. The summed E-state index contributed by atoms with van der Waals surface area (Å²) in [5, 5.41) is 7.13. The van der Waals surface area contributed by atoms with Crippen molar-refractivity contribution in [3.63, 3.8) is 0 Å². The molecule has 1 aliphatic heterocycles. The van der Waals surface area contributed by atoms with Crippen LogP contribution in [-0.2, 0) is 11.8 Å². The van der Waals surface area contributed by atoms with Gasteiger partial charge in [-0.2, -0.15) is 5.10 Å². The van der Waals surface area contributed by atoms with Crippen LogP contribution < -0.4 is 5.32 Å². The Morgan fingerprint density at radius 2 is 1.88 bits per heavy atom. The summed E-state index contributed by atoms with van der Waals surface area (Å²) in [6, 6.07) is 11.2. The first kappa shape index (κ1) is 18.1. The van der Waals surface area contributed by atoms with Gasteiger partial charge in [0.15, 0.2) is 0 Å². The van der Waals surface area contributed by atoms with E-state index < -0.39 is 0 Å². The van der Waals surface area contributed by atoms with Gasteiger partial charge in [-0.15, -0.1) is 0 Å². The Morgan fingerprint density at radius 3 is 2.58 bits per heavy atom. The van der Waals surface area contributed by atoms with Gasteiger partial charge < -0.3 is 10.2 Å². The average molecular weight is 355 g/mol. The molecule has 0 spiro atoms. The fourth-order valence-electron chi connectivity index (χ4n) is 3.21. The predicted octanol–water partition coefficient (Wildman–Crippen LogP) is 1.52. The molecule has 0 atom stereocenters.